The lowest BCUT2D eigenvalue weighted by atomic mass is 9.89. The van der Waals surface area contributed by atoms with E-state index in [9.17, 15) is 0 Å². The molecule has 0 radical (unpaired) electrons. The van der Waals surface area contributed by atoms with Crippen molar-refractivity contribution in [2.24, 2.45) is 0 Å². The first-order chi connectivity index (χ1) is 25.1. The van der Waals surface area contributed by atoms with Crippen LogP contribution in [0, 0.1) is 55.4 Å². The number of aryl methyl sites for hydroxylation is 3. The van der Waals surface area contributed by atoms with Crippen LogP contribution in [0.4, 0.5) is 0 Å². The molecular formula is C48H61ClN4. The molecule has 0 unspecified atom stereocenters. The zero-order valence-electron chi connectivity index (χ0n) is 33.5. The van der Waals surface area contributed by atoms with E-state index in [0.29, 0.717) is 11.8 Å². The van der Waals surface area contributed by atoms with E-state index >= 15 is 0 Å². The van der Waals surface area contributed by atoms with Crippen molar-refractivity contribution in [1.82, 2.24) is 19.8 Å². The Hall–Kier alpha value is -3.83. The molecule has 4 heterocycles. The van der Waals surface area contributed by atoms with Gasteiger partial charge in [0.05, 0.1) is 0 Å². The normalized spacial score (nSPS) is 15.4. The van der Waals surface area contributed by atoms with E-state index in [1.807, 2.05) is 0 Å². The summed E-state index contributed by atoms with van der Waals surface area (Å²) in [4.78, 5) is 0. The minimum Gasteiger partial charge on any atom is -0.343 e. The van der Waals surface area contributed by atoms with Gasteiger partial charge in [0.25, 0.3) is 0 Å². The molecule has 8 rings (SSSR count). The van der Waals surface area contributed by atoms with E-state index in [2.05, 4.69) is 148 Å². The molecule has 0 atom stereocenters. The lowest BCUT2D eigenvalue weighted by Crippen LogP contribution is -2.26. The summed E-state index contributed by atoms with van der Waals surface area (Å²) < 4.78 is 4.97. The molecule has 4 aromatic carbocycles. The first kappa shape index (κ1) is 38.9. The lowest BCUT2D eigenvalue weighted by molar-refractivity contribution is 0.461. The lowest BCUT2D eigenvalue weighted by Gasteiger charge is -2.22. The van der Waals surface area contributed by atoms with Gasteiger partial charge >= 0.3 is 0 Å². The molecule has 0 saturated carbocycles. The minimum atomic E-state index is 0. The molecule has 4 nitrogen and oxygen atoms in total. The van der Waals surface area contributed by atoms with Gasteiger partial charge in [0, 0.05) is 47.3 Å². The minimum absolute atomic E-state index is 0. The van der Waals surface area contributed by atoms with Crippen molar-refractivity contribution in [1.29, 1.82) is 0 Å². The predicted molar refractivity (Wildman–Crippen MR) is 230 cm³/mol. The maximum Gasteiger partial charge on any atom is 0.0486 e. The second-order valence-electron chi connectivity index (χ2n) is 16.0. The van der Waals surface area contributed by atoms with E-state index in [1.54, 1.807) is 11.1 Å². The van der Waals surface area contributed by atoms with Crippen molar-refractivity contribution >= 4 is 34.2 Å². The Kier molecular flexibility index (Phi) is 12.2. The number of nitrogens with one attached hydrogen (secondary N) is 2. The van der Waals surface area contributed by atoms with Gasteiger partial charge in [0.15, 0.2) is 0 Å². The molecule has 2 aromatic heterocycles. The number of para-hydroxylation sites is 2. The van der Waals surface area contributed by atoms with E-state index in [0.717, 1.165) is 39.3 Å². The molecule has 0 spiro atoms. The molecule has 0 aliphatic carbocycles. The van der Waals surface area contributed by atoms with Crippen LogP contribution in [0.25, 0.3) is 21.8 Å². The van der Waals surface area contributed by atoms with Crippen molar-refractivity contribution < 1.29 is 0 Å². The molecule has 2 N–H and O–H groups in total. The summed E-state index contributed by atoms with van der Waals surface area (Å²) in [7, 11) is 0. The smallest absolute Gasteiger partial charge is 0.0486 e. The number of halogens is 1. The number of benzene rings is 4. The summed E-state index contributed by atoms with van der Waals surface area (Å²) in [6.07, 6.45) is 9.86. The molecule has 0 amide bonds. The van der Waals surface area contributed by atoms with Crippen LogP contribution in [0.5, 0.6) is 0 Å². The zero-order valence-corrected chi connectivity index (χ0v) is 34.3. The van der Waals surface area contributed by atoms with Crippen LogP contribution in [0.3, 0.4) is 0 Å². The maximum atomic E-state index is 3.51. The van der Waals surface area contributed by atoms with E-state index < -0.39 is 0 Å². The number of aromatic nitrogens is 2. The summed E-state index contributed by atoms with van der Waals surface area (Å²) in [6, 6.07) is 22.5. The second-order valence-corrected chi connectivity index (χ2v) is 16.0. The number of fused-ring (bicyclic) bond motifs is 2. The second kappa shape index (κ2) is 16.7. The third-order valence-electron chi connectivity index (χ3n) is 12.8. The van der Waals surface area contributed by atoms with Crippen LogP contribution in [0.2, 0.25) is 0 Å². The molecule has 53 heavy (non-hydrogen) atoms. The molecular weight excluding hydrogens is 668 g/mol. The van der Waals surface area contributed by atoms with Crippen LogP contribution in [-0.2, 0) is 13.1 Å². The first-order valence-corrected chi connectivity index (χ1v) is 19.8. The van der Waals surface area contributed by atoms with Gasteiger partial charge in [-0.3, -0.25) is 0 Å². The number of nitrogens with zero attached hydrogens (tertiary/aromatic N) is 2. The fraction of sp³-hybridized carbons (Fsp3) is 0.417. The fourth-order valence-electron chi connectivity index (χ4n) is 9.34. The van der Waals surface area contributed by atoms with Crippen LogP contribution >= 0.6 is 12.4 Å². The van der Waals surface area contributed by atoms with Crippen LogP contribution in [0.1, 0.15) is 104 Å². The average Bonchev–Trinajstić information content (AvgIpc) is 3.72. The highest BCUT2D eigenvalue weighted by atomic mass is 35.5. The van der Waals surface area contributed by atoms with Crippen molar-refractivity contribution in [2.75, 3.05) is 26.2 Å². The Bertz CT molecular complexity index is 2150. The summed E-state index contributed by atoms with van der Waals surface area (Å²) in [5.74, 6) is 1.37. The molecule has 2 saturated heterocycles. The molecule has 2 aliphatic heterocycles. The van der Waals surface area contributed by atoms with Crippen LogP contribution in [-0.4, -0.2) is 35.3 Å². The predicted octanol–water partition coefficient (Wildman–Crippen LogP) is 11.2. The Morgan fingerprint density at radius 1 is 0.509 bits per heavy atom. The maximum absolute atomic E-state index is 3.51. The number of rotatable bonds is 6. The third-order valence-corrected chi connectivity index (χ3v) is 12.8. The van der Waals surface area contributed by atoms with Crippen LogP contribution in [0.15, 0.2) is 73.1 Å². The molecule has 5 heteroatoms. The van der Waals surface area contributed by atoms with Gasteiger partial charge < -0.3 is 19.8 Å². The Morgan fingerprint density at radius 2 is 0.887 bits per heavy atom. The Balaban J connectivity index is 0.000000178. The molecule has 6 aromatic rings. The van der Waals surface area contributed by atoms with Crippen molar-refractivity contribution in [3.63, 3.8) is 0 Å². The van der Waals surface area contributed by atoms with Crippen molar-refractivity contribution in [3.8, 4) is 0 Å². The zero-order chi connectivity index (χ0) is 36.5. The van der Waals surface area contributed by atoms with E-state index in [4.69, 9.17) is 0 Å². The first-order valence-electron chi connectivity index (χ1n) is 19.8. The van der Waals surface area contributed by atoms with E-state index in [-0.39, 0.29) is 12.4 Å². The van der Waals surface area contributed by atoms with Gasteiger partial charge in [-0.25, -0.2) is 0 Å². The molecule has 2 fully saturated rings. The van der Waals surface area contributed by atoms with Gasteiger partial charge in [0.2, 0.25) is 0 Å². The summed E-state index contributed by atoms with van der Waals surface area (Å²) in [5.41, 5.74) is 20.2. The summed E-state index contributed by atoms with van der Waals surface area (Å²) in [5, 5.41) is 9.88. The van der Waals surface area contributed by atoms with Gasteiger partial charge in [-0.15, -0.1) is 12.4 Å². The highest BCUT2D eigenvalue weighted by Gasteiger charge is 2.22. The summed E-state index contributed by atoms with van der Waals surface area (Å²) >= 11 is 0. The number of piperidine rings is 2. The average molecular weight is 729 g/mol. The quantitative estimate of drug-likeness (QED) is 0.179. The van der Waals surface area contributed by atoms with Gasteiger partial charge in [-0.2, -0.15) is 0 Å². The Labute approximate surface area is 324 Å². The van der Waals surface area contributed by atoms with Gasteiger partial charge in [-0.1, -0.05) is 54.1 Å². The standard InChI is InChI=1S/C25H32N2.C23H28N2.ClH/c1-16-17(2)19(4)23(20(5)18(16)3)14-27-15-24(21-10-12-26-13-11-21)22-8-6-7-9-25(22)27;1-16-12-17(2)21(18(3)13-16)14-25-15-22(19-8-10-24-11-9-19)20-6-4-5-7-23(20)25;/h6-9,15,21,26H,10-14H2,1-5H3;4-7,12-13,15,19,24H,8-11,14H2,1-3H3;1H. The highest BCUT2D eigenvalue weighted by molar-refractivity contribution is 5.86. The molecule has 0 bridgehead atoms. The molecule has 2 aliphatic rings. The third kappa shape index (κ3) is 7.88. The Morgan fingerprint density at radius 3 is 1.32 bits per heavy atom. The van der Waals surface area contributed by atoms with E-state index in [1.165, 1.54) is 103 Å². The summed E-state index contributed by atoms with van der Waals surface area (Å²) in [6.45, 7) is 24.5. The van der Waals surface area contributed by atoms with Gasteiger partial charge in [-0.05, 0) is 192 Å². The SMILES string of the molecule is Cc1c(C)c(C)c(Cn2cc(C3CCNCC3)c3ccccc32)c(C)c1C.Cc1cc(C)c(Cn2cc(C3CCNCC3)c3ccccc32)c(C)c1.Cl. The largest absolute Gasteiger partial charge is 0.343 e. The van der Waals surface area contributed by atoms with Gasteiger partial charge in [0.1, 0.15) is 0 Å². The monoisotopic (exact) mass is 728 g/mol. The number of hydrogen-bond donors (Lipinski definition) is 2. The van der Waals surface area contributed by atoms with Crippen molar-refractivity contribution in [2.45, 2.75) is 106 Å². The number of hydrogen-bond acceptors (Lipinski definition) is 2. The topological polar surface area (TPSA) is 33.9 Å². The van der Waals surface area contributed by atoms with Crippen LogP contribution < -0.4 is 10.6 Å². The van der Waals surface area contributed by atoms with Crippen molar-refractivity contribution in [3.05, 3.63) is 140 Å². The highest BCUT2D eigenvalue weighted by Crippen LogP contribution is 2.36. The fourth-order valence-corrected chi connectivity index (χ4v) is 9.34. The molecule has 280 valence electrons.